The molecular weight excluding hydrogens is 392 g/mol. The zero-order chi connectivity index (χ0) is 19.8. The Bertz CT molecular complexity index is 1240. The summed E-state index contributed by atoms with van der Waals surface area (Å²) in [5, 5.41) is 5.13. The first-order valence-electron chi connectivity index (χ1n) is 9.30. The van der Waals surface area contributed by atoms with E-state index in [9.17, 15) is 8.42 Å². The summed E-state index contributed by atoms with van der Waals surface area (Å²) in [5.41, 5.74) is 1.52. The van der Waals surface area contributed by atoms with Crippen molar-refractivity contribution in [2.75, 3.05) is 13.1 Å². The van der Waals surface area contributed by atoms with Crippen LogP contribution in [0.5, 0.6) is 0 Å². The van der Waals surface area contributed by atoms with Crippen LogP contribution in [-0.4, -0.2) is 49.9 Å². The molecule has 10 heteroatoms. The Balaban J connectivity index is 1.31. The molecule has 0 unspecified atom stereocenters. The van der Waals surface area contributed by atoms with E-state index in [1.165, 1.54) is 23.0 Å². The lowest BCUT2D eigenvalue weighted by molar-refractivity contribution is 0.269. The van der Waals surface area contributed by atoms with Crippen molar-refractivity contribution in [3.63, 3.8) is 0 Å². The van der Waals surface area contributed by atoms with Gasteiger partial charge in [-0.25, -0.2) is 13.9 Å². The number of para-hydroxylation sites is 1. The summed E-state index contributed by atoms with van der Waals surface area (Å²) >= 11 is 0. The fourth-order valence-corrected chi connectivity index (χ4v) is 4.87. The van der Waals surface area contributed by atoms with Gasteiger partial charge in [-0.3, -0.25) is 0 Å². The Hall–Kier alpha value is -3.11. The summed E-state index contributed by atoms with van der Waals surface area (Å²) in [5.74, 6) is 0.986. The Morgan fingerprint density at radius 2 is 1.86 bits per heavy atom. The fraction of sp³-hybridized carbons (Fsp3) is 0.263. The lowest BCUT2D eigenvalue weighted by Gasteiger charge is -2.29. The molecule has 0 N–H and O–H groups in total. The monoisotopic (exact) mass is 410 g/mol. The van der Waals surface area contributed by atoms with Gasteiger partial charge >= 0.3 is 10.2 Å². The van der Waals surface area contributed by atoms with Crippen LogP contribution in [0.3, 0.4) is 0 Å². The molecule has 0 atom stereocenters. The Kier molecular flexibility index (Phi) is 4.36. The largest absolute Gasteiger partial charge is 0.339 e. The minimum absolute atomic E-state index is 0.0194. The fourth-order valence-electron chi connectivity index (χ4n) is 3.55. The average molecular weight is 410 g/mol. The molecule has 0 radical (unpaired) electrons. The molecule has 1 aliphatic heterocycles. The molecule has 4 heterocycles. The number of fused-ring (bicyclic) bond motifs is 1. The molecule has 0 amide bonds. The maximum Gasteiger partial charge on any atom is 0.308 e. The zero-order valence-corrected chi connectivity index (χ0v) is 16.2. The molecule has 4 aromatic rings. The molecule has 1 saturated heterocycles. The van der Waals surface area contributed by atoms with Gasteiger partial charge in [0.2, 0.25) is 11.7 Å². The van der Waals surface area contributed by atoms with E-state index >= 15 is 0 Å². The van der Waals surface area contributed by atoms with Gasteiger partial charge in [0, 0.05) is 36.8 Å². The molecule has 3 aromatic heterocycles. The number of rotatable bonds is 4. The summed E-state index contributed by atoms with van der Waals surface area (Å²) in [7, 11) is -3.57. The van der Waals surface area contributed by atoms with Gasteiger partial charge in [-0.2, -0.15) is 17.7 Å². The first kappa shape index (κ1) is 18.0. The second kappa shape index (κ2) is 7.05. The van der Waals surface area contributed by atoms with Crippen LogP contribution < -0.4 is 0 Å². The van der Waals surface area contributed by atoms with E-state index in [1.54, 1.807) is 0 Å². The van der Waals surface area contributed by atoms with Crippen molar-refractivity contribution in [1.29, 1.82) is 0 Å². The van der Waals surface area contributed by atoms with Crippen LogP contribution in [0.15, 0.2) is 59.6 Å². The minimum Gasteiger partial charge on any atom is -0.339 e. The maximum absolute atomic E-state index is 12.6. The Morgan fingerprint density at radius 1 is 1.03 bits per heavy atom. The van der Waals surface area contributed by atoms with Gasteiger partial charge in [0.25, 0.3) is 0 Å². The number of piperidine rings is 1. The molecular formula is C19H18N6O3S. The molecule has 9 nitrogen and oxygen atoms in total. The Morgan fingerprint density at radius 3 is 2.66 bits per heavy atom. The standard InChI is InChI=1S/C19H18N6O3S/c26-29(27,25-12-9-20-13-25)24-10-7-15(8-11-24)19-22-18(23-28-19)17-6-5-14-3-1-2-4-16(14)21-17/h1-6,9,12-13,15H,7-8,10-11H2. The maximum atomic E-state index is 12.6. The number of hydrogen-bond donors (Lipinski definition) is 0. The summed E-state index contributed by atoms with van der Waals surface area (Å²) in [4.78, 5) is 12.9. The van der Waals surface area contributed by atoms with Crippen molar-refractivity contribution >= 4 is 21.1 Å². The average Bonchev–Trinajstić information content (AvgIpc) is 3.46. The van der Waals surface area contributed by atoms with Gasteiger partial charge in [0.1, 0.15) is 12.0 Å². The predicted octanol–water partition coefficient (Wildman–Crippen LogP) is 2.45. The SMILES string of the molecule is O=S(=O)(N1CCC(c2nc(-c3ccc4ccccc4n3)no2)CC1)n1ccnc1. The van der Waals surface area contributed by atoms with E-state index in [1.807, 2.05) is 36.4 Å². The van der Waals surface area contributed by atoms with Crippen molar-refractivity contribution in [2.24, 2.45) is 0 Å². The summed E-state index contributed by atoms with van der Waals surface area (Å²) in [6.45, 7) is 0.772. The third-order valence-electron chi connectivity index (χ3n) is 5.15. The molecule has 1 aliphatic rings. The third kappa shape index (κ3) is 3.30. The highest BCUT2D eigenvalue weighted by atomic mass is 32.2. The van der Waals surface area contributed by atoms with E-state index in [4.69, 9.17) is 4.52 Å². The molecule has 0 spiro atoms. The number of benzene rings is 1. The summed E-state index contributed by atoms with van der Waals surface area (Å²) in [6, 6.07) is 11.7. The number of imidazole rings is 1. The van der Waals surface area contributed by atoms with Crippen molar-refractivity contribution in [1.82, 2.24) is 28.4 Å². The van der Waals surface area contributed by atoms with Crippen LogP contribution in [0.25, 0.3) is 22.4 Å². The highest BCUT2D eigenvalue weighted by Crippen LogP contribution is 2.30. The summed E-state index contributed by atoms with van der Waals surface area (Å²) < 4.78 is 33.2. The molecule has 148 valence electrons. The quantitative estimate of drug-likeness (QED) is 0.508. The van der Waals surface area contributed by atoms with E-state index in [2.05, 4.69) is 20.1 Å². The molecule has 0 saturated carbocycles. The van der Waals surface area contributed by atoms with E-state index in [0.29, 0.717) is 43.3 Å². The van der Waals surface area contributed by atoms with Crippen LogP contribution in [0, 0.1) is 0 Å². The van der Waals surface area contributed by atoms with Crippen LogP contribution in [0.1, 0.15) is 24.7 Å². The van der Waals surface area contributed by atoms with Crippen molar-refractivity contribution in [3.8, 4) is 11.5 Å². The molecule has 5 rings (SSSR count). The van der Waals surface area contributed by atoms with Crippen molar-refractivity contribution < 1.29 is 12.9 Å². The van der Waals surface area contributed by atoms with Gasteiger partial charge in [-0.15, -0.1) is 0 Å². The van der Waals surface area contributed by atoms with Crippen LogP contribution in [-0.2, 0) is 10.2 Å². The second-order valence-corrected chi connectivity index (χ2v) is 8.75. The number of aromatic nitrogens is 5. The van der Waals surface area contributed by atoms with Gasteiger partial charge in [-0.1, -0.05) is 29.4 Å². The summed E-state index contributed by atoms with van der Waals surface area (Å²) in [6.07, 6.45) is 5.40. The van der Waals surface area contributed by atoms with Crippen LogP contribution >= 0.6 is 0 Å². The highest BCUT2D eigenvalue weighted by Gasteiger charge is 2.32. The number of pyridine rings is 1. The van der Waals surface area contributed by atoms with E-state index in [-0.39, 0.29) is 5.92 Å². The lowest BCUT2D eigenvalue weighted by Crippen LogP contribution is -2.40. The molecule has 0 bridgehead atoms. The zero-order valence-electron chi connectivity index (χ0n) is 15.4. The van der Waals surface area contributed by atoms with E-state index in [0.717, 1.165) is 14.9 Å². The smallest absolute Gasteiger partial charge is 0.308 e. The van der Waals surface area contributed by atoms with Gasteiger partial charge in [0.15, 0.2) is 0 Å². The lowest BCUT2D eigenvalue weighted by atomic mass is 9.98. The normalized spacial score (nSPS) is 16.4. The highest BCUT2D eigenvalue weighted by molar-refractivity contribution is 7.87. The van der Waals surface area contributed by atoms with Crippen LogP contribution in [0.4, 0.5) is 0 Å². The number of hydrogen-bond acceptors (Lipinski definition) is 7. The molecule has 29 heavy (non-hydrogen) atoms. The van der Waals surface area contributed by atoms with Gasteiger partial charge in [-0.05, 0) is 25.0 Å². The molecule has 1 fully saturated rings. The second-order valence-electron chi connectivity index (χ2n) is 6.92. The van der Waals surface area contributed by atoms with Crippen molar-refractivity contribution in [2.45, 2.75) is 18.8 Å². The van der Waals surface area contributed by atoms with Crippen LogP contribution in [0.2, 0.25) is 0 Å². The third-order valence-corrected chi connectivity index (χ3v) is 6.91. The topological polar surface area (TPSA) is 107 Å². The predicted molar refractivity (Wildman–Crippen MR) is 105 cm³/mol. The Labute approximate surface area is 167 Å². The van der Waals surface area contributed by atoms with Gasteiger partial charge in [0.05, 0.1) is 5.52 Å². The minimum atomic E-state index is -3.57. The molecule has 1 aromatic carbocycles. The molecule has 0 aliphatic carbocycles. The first-order chi connectivity index (χ1) is 14.1. The van der Waals surface area contributed by atoms with Gasteiger partial charge < -0.3 is 4.52 Å². The van der Waals surface area contributed by atoms with Crippen molar-refractivity contribution in [3.05, 3.63) is 61.0 Å². The number of nitrogens with zero attached hydrogens (tertiary/aromatic N) is 6. The first-order valence-corrected chi connectivity index (χ1v) is 10.7. The van der Waals surface area contributed by atoms with E-state index < -0.39 is 10.2 Å².